The summed E-state index contributed by atoms with van der Waals surface area (Å²) >= 11 is 0. The van der Waals surface area contributed by atoms with Crippen LogP contribution in [0.25, 0.3) is 10.8 Å². The summed E-state index contributed by atoms with van der Waals surface area (Å²) in [6.07, 6.45) is -0.114. The first-order valence-electron chi connectivity index (χ1n) is 14.6. The van der Waals surface area contributed by atoms with Crippen LogP contribution in [0.3, 0.4) is 0 Å². The number of fused-ring (bicyclic) bond motifs is 1. The second-order valence-corrected chi connectivity index (χ2v) is 10.9. The molecule has 226 valence electrons. The summed E-state index contributed by atoms with van der Waals surface area (Å²) in [6, 6.07) is 19.1. The van der Waals surface area contributed by atoms with E-state index in [1.165, 1.54) is 0 Å². The van der Waals surface area contributed by atoms with Crippen LogP contribution in [0.4, 0.5) is 4.79 Å². The normalized spacial score (nSPS) is 17.2. The number of carbonyl (C=O) groups is 2. The highest BCUT2D eigenvalue weighted by molar-refractivity contribution is 5.95. The van der Waals surface area contributed by atoms with Crippen LogP contribution in [0.2, 0.25) is 0 Å². The van der Waals surface area contributed by atoms with E-state index in [4.69, 9.17) is 18.9 Å². The number of hydrogen-bond donors (Lipinski definition) is 2. The maximum absolute atomic E-state index is 13.7. The van der Waals surface area contributed by atoms with E-state index in [0.29, 0.717) is 49.9 Å². The summed E-state index contributed by atoms with van der Waals surface area (Å²) in [5, 5.41) is 8.55. The smallest absolute Gasteiger partial charge is 0.407 e. The second kappa shape index (κ2) is 14.9. The van der Waals surface area contributed by atoms with Gasteiger partial charge in [0.15, 0.2) is 11.5 Å². The van der Waals surface area contributed by atoms with Crippen LogP contribution in [0.1, 0.15) is 49.2 Å². The fourth-order valence-electron chi connectivity index (χ4n) is 5.34. The Morgan fingerprint density at radius 1 is 0.976 bits per heavy atom. The average molecular weight is 578 g/mol. The molecular weight excluding hydrogens is 534 g/mol. The summed E-state index contributed by atoms with van der Waals surface area (Å²) in [5.74, 6) is 0.910. The molecule has 0 aromatic heterocycles. The number of amides is 2. The molecule has 1 saturated heterocycles. The van der Waals surface area contributed by atoms with Gasteiger partial charge in [0.05, 0.1) is 19.8 Å². The highest BCUT2D eigenvalue weighted by atomic mass is 16.6. The van der Waals surface area contributed by atoms with Crippen LogP contribution in [-0.4, -0.2) is 76.1 Å². The maximum atomic E-state index is 13.7. The Bertz CT molecular complexity index is 1340. The monoisotopic (exact) mass is 577 g/mol. The van der Waals surface area contributed by atoms with Crippen molar-refractivity contribution in [2.24, 2.45) is 5.92 Å². The molecule has 3 aromatic carbocycles. The summed E-state index contributed by atoms with van der Waals surface area (Å²) in [4.78, 5) is 28.5. The Balaban J connectivity index is 1.40. The second-order valence-electron chi connectivity index (χ2n) is 10.9. The van der Waals surface area contributed by atoms with Gasteiger partial charge in [-0.15, -0.1) is 0 Å². The molecule has 2 N–H and O–H groups in total. The van der Waals surface area contributed by atoms with Crippen molar-refractivity contribution in [1.82, 2.24) is 15.5 Å². The number of nitrogens with zero attached hydrogens (tertiary/aromatic N) is 1. The molecule has 3 atom stereocenters. The molecule has 9 nitrogen and oxygen atoms in total. The Hall–Kier alpha value is -3.82. The average Bonchev–Trinajstić information content (AvgIpc) is 3.43. The molecule has 0 bridgehead atoms. The molecule has 1 aliphatic rings. The minimum absolute atomic E-state index is 0.0574. The van der Waals surface area contributed by atoms with Gasteiger partial charge in [0, 0.05) is 57.3 Å². The first kappa shape index (κ1) is 31.1. The molecule has 1 heterocycles. The number of nitrogens with one attached hydrogen (secondary N) is 2. The minimum Gasteiger partial charge on any atom is -0.493 e. The molecule has 1 unspecified atom stereocenters. The number of benzene rings is 3. The van der Waals surface area contributed by atoms with Gasteiger partial charge in [0.25, 0.3) is 5.91 Å². The Labute approximate surface area is 248 Å². The largest absolute Gasteiger partial charge is 0.493 e. The third kappa shape index (κ3) is 7.72. The maximum Gasteiger partial charge on any atom is 0.407 e. The van der Waals surface area contributed by atoms with Crippen molar-refractivity contribution >= 4 is 22.8 Å². The number of hydrogen-bond acceptors (Lipinski definition) is 7. The number of ether oxygens (including phenoxy) is 4. The van der Waals surface area contributed by atoms with Crippen molar-refractivity contribution in [2.75, 3.05) is 47.1 Å². The van der Waals surface area contributed by atoms with E-state index in [2.05, 4.69) is 28.8 Å². The van der Waals surface area contributed by atoms with Gasteiger partial charge in [-0.05, 0) is 55.3 Å². The number of carbonyl (C=O) groups excluding carboxylic acids is 2. The number of alkyl carbamates (subject to hydrolysis) is 1. The van der Waals surface area contributed by atoms with E-state index in [-0.39, 0.29) is 30.0 Å². The van der Waals surface area contributed by atoms with E-state index >= 15 is 0 Å². The fraction of sp³-hybridized carbons (Fsp3) is 0.455. The zero-order valence-corrected chi connectivity index (χ0v) is 25.2. The zero-order chi connectivity index (χ0) is 30.1. The van der Waals surface area contributed by atoms with E-state index in [1.54, 1.807) is 32.4 Å². The van der Waals surface area contributed by atoms with Crippen molar-refractivity contribution < 1.29 is 28.5 Å². The molecule has 9 heteroatoms. The van der Waals surface area contributed by atoms with Gasteiger partial charge in [-0.25, -0.2) is 4.79 Å². The van der Waals surface area contributed by atoms with E-state index < -0.39 is 6.09 Å². The summed E-state index contributed by atoms with van der Waals surface area (Å²) < 4.78 is 22.3. The molecule has 42 heavy (non-hydrogen) atoms. The first-order chi connectivity index (χ1) is 20.3. The Kier molecular flexibility index (Phi) is 11.0. The van der Waals surface area contributed by atoms with Gasteiger partial charge < -0.3 is 34.5 Å². The SMILES string of the molecule is COCCCOc1cc(C(=O)N(C[C@@H]2CNC[C@H]2OC(=O)NC(C)c2cccc3ccccc23)C(C)C)ccc1OC. The molecule has 1 fully saturated rings. The highest BCUT2D eigenvalue weighted by Crippen LogP contribution is 2.30. The molecular formula is C33H43N3O6. The van der Waals surface area contributed by atoms with Crippen molar-refractivity contribution in [2.45, 2.75) is 45.4 Å². The molecule has 0 aliphatic carbocycles. The van der Waals surface area contributed by atoms with Gasteiger partial charge >= 0.3 is 6.09 Å². The number of methoxy groups -OCH3 is 2. The topological polar surface area (TPSA) is 98.4 Å². The van der Waals surface area contributed by atoms with Crippen LogP contribution in [-0.2, 0) is 9.47 Å². The highest BCUT2D eigenvalue weighted by Gasteiger charge is 2.34. The molecule has 1 aliphatic heterocycles. The third-order valence-corrected chi connectivity index (χ3v) is 7.64. The molecule has 0 saturated carbocycles. The van der Waals surface area contributed by atoms with Gasteiger partial charge in [0.1, 0.15) is 6.10 Å². The van der Waals surface area contributed by atoms with Gasteiger partial charge in [-0.2, -0.15) is 0 Å². The Morgan fingerprint density at radius 3 is 2.52 bits per heavy atom. The molecule has 0 spiro atoms. The zero-order valence-electron chi connectivity index (χ0n) is 25.2. The molecule has 4 rings (SSSR count). The van der Waals surface area contributed by atoms with Crippen LogP contribution >= 0.6 is 0 Å². The van der Waals surface area contributed by atoms with Gasteiger partial charge in [-0.3, -0.25) is 4.79 Å². The molecule has 0 radical (unpaired) electrons. The van der Waals surface area contributed by atoms with Crippen LogP contribution in [0.15, 0.2) is 60.7 Å². The van der Waals surface area contributed by atoms with E-state index in [9.17, 15) is 9.59 Å². The van der Waals surface area contributed by atoms with Crippen LogP contribution < -0.4 is 20.1 Å². The third-order valence-electron chi connectivity index (χ3n) is 7.64. The Morgan fingerprint density at radius 2 is 1.76 bits per heavy atom. The fourth-order valence-corrected chi connectivity index (χ4v) is 5.34. The van der Waals surface area contributed by atoms with Gasteiger partial charge in [0.2, 0.25) is 0 Å². The molecule has 3 aromatic rings. The predicted molar refractivity (Wildman–Crippen MR) is 163 cm³/mol. The number of rotatable bonds is 13. The van der Waals surface area contributed by atoms with Crippen molar-refractivity contribution in [3.8, 4) is 11.5 Å². The lowest BCUT2D eigenvalue weighted by molar-refractivity contribution is 0.0516. The lowest BCUT2D eigenvalue weighted by Crippen LogP contribution is -2.44. The van der Waals surface area contributed by atoms with E-state index in [0.717, 1.165) is 22.8 Å². The van der Waals surface area contributed by atoms with E-state index in [1.807, 2.05) is 49.9 Å². The molecule has 2 amide bonds. The van der Waals surface area contributed by atoms with Crippen LogP contribution in [0, 0.1) is 5.92 Å². The van der Waals surface area contributed by atoms with Crippen molar-refractivity contribution in [3.05, 3.63) is 71.8 Å². The lowest BCUT2D eigenvalue weighted by Gasteiger charge is -2.31. The lowest BCUT2D eigenvalue weighted by atomic mass is 10.00. The standard InChI is InChI=1S/C33H43N3O6/c1-22(2)36(32(37)25-14-15-29(40-5)30(18-25)41-17-9-16-39-4)21-26-19-34-20-31(26)42-33(38)35-23(3)27-13-8-11-24-10-6-7-12-28(24)27/h6-8,10-15,18,22-23,26,31,34H,9,16-17,19-21H2,1-5H3,(H,35,38)/t23?,26-,31+/m0/s1. The summed E-state index contributed by atoms with van der Waals surface area (Å²) in [6.45, 7) is 8.57. The predicted octanol–water partition coefficient (Wildman–Crippen LogP) is 5.19. The first-order valence-corrected chi connectivity index (χ1v) is 14.6. The quantitative estimate of drug-likeness (QED) is 0.270. The van der Waals surface area contributed by atoms with Crippen molar-refractivity contribution in [1.29, 1.82) is 0 Å². The summed E-state index contributed by atoms with van der Waals surface area (Å²) in [7, 11) is 3.22. The summed E-state index contributed by atoms with van der Waals surface area (Å²) in [5.41, 5.74) is 1.54. The van der Waals surface area contributed by atoms with Crippen LogP contribution in [0.5, 0.6) is 11.5 Å². The van der Waals surface area contributed by atoms with Crippen molar-refractivity contribution in [3.63, 3.8) is 0 Å². The van der Waals surface area contributed by atoms with Gasteiger partial charge in [-0.1, -0.05) is 42.5 Å². The minimum atomic E-state index is -0.470.